The quantitative estimate of drug-likeness (QED) is 0.803. The van der Waals surface area contributed by atoms with Gasteiger partial charge in [0.1, 0.15) is 0 Å². The summed E-state index contributed by atoms with van der Waals surface area (Å²) in [7, 11) is 3.58. The summed E-state index contributed by atoms with van der Waals surface area (Å²) in [5.41, 5.74) is 0.856. The van der Waals surface area contributed by atoms with Gasteiger partial charge in [0.25, 0.3) is 5.17 Å². The van der Waals surface area contributed by atoms with Crippen molar-refractivity contribution in [1.29, 1.82) is 0 Å². The van der Waals surface area contributed by atoms with E-state index in [-0.39, 0.29) is 38.5 Å². The van der Waals surface area contributed by atoms with Gasteiger partial charge in [-0.2, -0.15) is 0 Å². The molecule has 0 aliphatic carbocycles. The van der Waals surface area contributed by atoms with Crippen LogP contribution in [0.15, 0.2) is 18.2 Å². The van der Waals surface area contributed by atoms with Crippen molar-refractivity contribution in [3.05, 3.63) is 23.8 Å². The van der Waals surface area contributed by atoms with Gasteiger partial charge in [0.15, 0.2) is 11.5 Å². The van der Waals surface area contributed by atoms with Crippen LogP contribution < -0.4 is 4.74 Å². The van der Waals surface area contributed by atoms with E-state index in [0.717, 1.165) is 5.56 Å². The molecule has 0 amide bonds. The molecule has 0 unspecified atom stereocenters. The number of nitrogens with zero attached hydrogens (tertiary/aromatic N) is 1. The Balaban J connectivity index is 0.00000196. The van der Waals surface area contributed by atoms with Gasteiger partial charge in [0, 0.05) is 46.8 Å². The Hall–Kier alpha value is -0.186. The van der Waals surface area contributed by atoms with Crippen molar-refractivity contribution in [2.24, 2.45) is 0 Å². The van der Waals surface area contributed by atoms with Gasteiger partial charge in [-0.25, -0.2) is 0 Å². The average molecular weight is 300 g/mol. The van der Waals surface area contributed by atoms with E-state index < -0.39 is 0 Å². The van der Waals surface area contributed by atoms with Gasteiger partial charge < -0.3 is 14.7 Å². The number of hydrogen-bond donors (Lipinski definition) is 1. The fraction of sp³-hybridized carbons (Fsp3) is 0.300. The van der Waals surface area contributed by atoms with E-state index in [9.17, 15) is 5.11 Å². The number of aryl methyl sites for hydroxylation is 1. The molecule has 15 heavy (non-hydrogen) atoms. The number of hydrogen-bond acceptors (Lipinski definition) is 3. The molecule has 0 heterocycles. The third-order valence-electron chi connectivity index (χ3n) is 1.75. The molecular formula is C10H13NO2SY. The van der Waals surface area contributed by atoms with Gasteiger partial charge in [0.2, 0.25) is 0 Å². The van der Waals surface area contributed by atoms with Crippen molar-refractivity contribution in [2.45, 2.75) is 6.92 Å². The van der Waals surface area contributed by atoms with E-state index in [2.05, 4.69) is 0 Å². The number of thiocarbonyl (C=S) groups is 1. The second kappa shape index (κ2) is 6.41. The summed E-state index contributed by atoms with van der Waals surface area (Å²) < 4.78 is 5.34. The van der Waals surface area contributed by atoms with Crippen LogP contribution in [0, 0.1) is 6.92 Å². The molecule has 1 N–H and O–H groups in total. The maximum absolute atomic E-state index is 9.52. The van der Waals surface area contributed by atoms with Crippen molar-refractivity contribution < 1.29 is 42.6 Å². The molecule has 1 radical (unpaired) electrons. The van der Waals surface area contributed by atoms with Crippen LogP contribution in [0.2, 0.25) is 0 Å². The molecule has 0 fully saturated rings. The summed E-state index contributed by atoms with van der Waals surface area (Å²) in [6, 6.07) is 5.18. The van der Waals surface area contributed by atoms with Crippen molar-refractivity contribution in [2.75, 3.05) is 14.1 Å². The number of aromatic hydroxyl groups is 1. The molecule has 0 aromatic heterocycles. The minimum absolute atomic E-state index is 0. The van der Waals surface area contributed by atoms with E-state index >= 15 is 0 Å². The molecule has 1 aromatic rings. The second-order valence-electron chi connectivity index (χ2n) is 3.19. The first-order valence-electron chi connectivity index (χ1n) is 4.20. The molecule has 79 valence electrons. The molecule has 0 spiro atoms. The van der Waals surface area contributed by atoms with Crippen LogP contribution in [0.5, 0.6) is 11.5 Å². The molecule has 1 aromatic carbocycles. The smallest absolute Gasteiger partial charge is 0.264 e. The van der Waals surface area contributed by atoms with Gasteiger partial charge in [-0.15, -0.1) is 0 Å². The fourth-order valence-electron chi connectivity index (χ4n) is 0.948. The second-order valence-corrected chi connectivity index (χ2v) is 3.53. The predicted octanol–water partition coefficient (Wildman–Crippen LogP) is 1.92. The Kier molecular flexibility index (Phi) is 6.33. The summed E-state index contributed by atoms with van der Waals surface area (Å²) in [6.07, 6.45) is 0. The van der Waals surface area contributed by atoms with Crippen LogP contribution >= 0.6 is 12.2 Å². The van der Waals surface area contributed by atoms with Gasteiger partial charge in [-0.05, 0) is 30.8 Å². The molecular weight excluding hydrogens is 287 g/mol. The molecule has 0 atom stereocenters. The van der Waals surface area contributed by atoms with E-state index in [1.165, 1.54) is 0 Å². The zero-order valence-corrected chi connectivity index (χ0v) is 12.7. The van der Waals surface area contributed by atoms with E-state index in [4.69, 9.17) is 17.0 Å². The minimum Gasteiger partial charge on any atom is -0.504 e. The number of benzene rings is 1. The molecule has 0 aliphatic heterocycles. The van der Waals surface area contributed by atoms with Crippen molar-refractivity contribution in [3.63, 3.8) is 0 Å². The Labute approximate surface area is 120 Å². The monoisotopic (exact) mass is 300 g/mol. The van der Waals surface area contributed by atoms with Crippen LogP contribution in [0.25, 0.3) is 0 Å². The maximum atomic E-state index is 9.52. The first kappa shape index (κ1) is 14.8. The van der Waals surface area contributed by atoms with Crippen LogP contribution in [-0.2, 0) is 32.7 Å². The summed E-state index contributed by atoms with van der Waals surface area (Å²) in [5, 5.41) is 9.85. The topological polar surface area (TPSA) is 32.7 Å². The third-order valence-corrected chi connectivity index (χ3v) is 2.19. The SMILES string of the molecule is Cc1cccc(O)c1OC(=S)N(C)C.[Y]. The average Bonchev–Trinajstić information content (AvgIpc) is 2.11. The zero-order chi connectivity index (χ0) is 10.7. The van der Waals surface area contributed by atoms with E-state index in [1.807, 2.05) is 13.0 Å². The van der Waals surface area contributed by atoms with E-state index in [1.54, 1.807) is 31.1 Å². The Bertz CT molecular complexity index is 335. The van der Waals surface area contributed by atoms with Crippen molar-refractivity contribution >= 4 is 17.4 Å². The summed E-state index contributed by atoms with van der Waals surface area (Å²) in [4.78, 5) is 1.67. The Morgan fingerprint density at radius 2 is 2.00 bits per heavy atom. The Morgan fingerprint density at radius 3 is 2.47 bits per heavy atom. The standard InChI is InChI=1S/C10H13NO2S.Y/c1-7-5-4-6-8(12)9(7)13-10(14)11(2)3;/h4-6,12H,1-3H3;. The summed E-state index contributed by atoms with van der Waals surface area (Å²) in [5.74, 6) is 0.528. The number of phenolic OH excluding ortho intramolecular Hbond substituents is 1. The maximum Gasteiger partial charge on any atom is 0.264 e. The summed E-state index contributed by atoms with van der Waals surface area (Å²) in [6.45, 7) is 1.85. The molecule has 0 aliphatic rings. The van der Waals surface area contributed by atoms with Gasteiger partial charge >= 0.3 is 0 Å². The molecule has 0 saturated heterocycles. The van der Waals surface area contributed by atoms with Gasteiger partial charge in [0.05, 0.1) is 0 Å². The number of rotatable bonds is 1. The zero-order valence-electron chi connectivity index (χ0n) is 9.02. The first-order chi connectivity index (χ1) is 6.52. The van der Waals surface area contributed by atoms with Crippen LogP contribution in [-0.4, -0.2) is 29.3 Å². The largest absolute Gasteiger partial charge is 0.504 e. The van der Waals surface area contributed by atoms with Crippen molar-refractivity contribution in [1.82, 2.24) is 4.90 Å². The van der Waals surface area contributed by atoms with E-state index in [0.29, 0.717) is 10.9 Å². The number of para-hydroxylation sites is 1. The fourth-order valence-corrected chi connectivity index (χ4v) is 1.03. The molecule has 1 rings (SSSR count). The van der Waals surface area contributed by atoms with Gasteiger partial charge in [-0.1, -0.05) is 12.1 Å². The minimum atomic E-state index is 0. The normalized spacial score (nSPS) is 9.00. The summed E-state index contributed by atoms with van der Waals surface area (Å²) >= 11 is 4.97. The number of ether oxygens (including phenoxy) is 1. The first-order valence-corrected chi connectivity index (χ1v) is 4.61. The molecule has 5 heteroatoms. The van der Waals surface area contributed by atoms with Crippen LogP contribution in [0.1, 0.15) is 5.56 Å². The molecule has 0 bridgehead atoms. The third kappa shape index (κ3) is 4.05. The molecule has 0 saturated carbocycles. The van der Waals surface area contributed by atoms with Crippen molar-refractivity contribution in [3.8, 4) is 11.5 Å². The van der Waals surface area contributed by atoms with Gasteiger partial charge in [-0.3, -0.25) is 0 Å². The van der Waals surface area contributed by atoms with Crippen LogP contribution in [0.4, 0.5) is 0 Å². The number of phenols is 1. The molecule has 3 nitrogen and oxygen atoms in total. The predicted molar refractivity (Wildman–Crippen MR) is 59.8 cm³/mol. The van der Waals surface area contributed by atoms with Crippen LogP contribution in [0.3, 0.4) is 0 Å². The Morgan fingerprint density at radius 1 is 1.40 bits per heavy atom.